The Bertz CT molecular complexity index is 250. The molecule has 0 spiro atoms. The number of likely N-dealkylation sites (tertiary alicyclic amines) is 2. The molecule has 106 valence electrons. The van der Waals surface area contributed by atoms with Gasteiger partial charge in [0.25, 0.3) is 0 Å². The van der Waals surface area contributed by atoms with Gasteiger partial charge in [0.1, 0.15) is 0 Å². The van der Waals surface area contributed by atoms with Crippen molar-refractivity contribution < 1.29 is 0 Å². The van der Waals surface area contributed by atoms with Gasteiger partial charge in [-0.05, 0) is 85.4 Å². The summed E-state index contributed by atoms with van der Waals surface area (Å²) in [6.07, 6.45) is 7.10. The second kappa shape index (κ2) is 5.92. The highest BCUT2D eigenvalue weighted by atomic mass is 15.2. The highest BCUT2D eigenvalue weighted by Gasteiger charge is 2.29. The highest BCUT2D eigenvalue weighted by molar-refractivity contribution is 4.85. The maximum atomic E-state index is 2.70. The zero-order valence-corrected chi connectivity index (χ0v) is 12.9. The first kappa shape index (κ1) is 14.3. The highest BCUT2D eigenvalue weighted by Crippen LogP contribution is 2.28. The van der Waals surface area contributed by atoms with Gasteiger partial charge in [0.15, 0.2) is 0 Å². The Morgan fingerprint density at radius 1 is 1.06 bits per heavy atom. The van der Waals surface area contributed by atoms with Crippen LogP contribution in [0.1, 0.15) is 59.8 Å². The van der Waals surface area contributed by atoms with Crippen LogP contribution in [0.3, 0.4) is 0 Å². The molecule has 2 unspecified atom stereocenters. The summed E-state index contributed by atoms with van der Waals surface area (Å²) >= 11 is 0. The van der Waals surface area contributed by atoms with Crippen molar-refractivity contribution in [3.63, 3.8) is 0 Å². The summed E-state index contributed by atoms with van der Waals surface area (Å²) in [5.41, 5.74) is 0.357. The second-order valence-electron chi connectivity index (χ2n) is 7.45. The standard InChI is InChI=1S/C16H32N2/c1-14(17-9-5-6-10-17)12-15-8-7-11-18(13-15)16(2,3)4/h14-15H,5-13H2,1-4H3. The molecule has 0 N–H and O–H groups in total. The van der Waals surface area contributed by atoms with E-state index in [0.29, 0.717) is 5.54 Å². The van der Waals surface area contributed by atoms with E-state index in [1.54, 1.807) is 0 Å². The summed E-state index contributed by atoms with van der Waals surface area (Å²) in [5.74, 6) is 0.925. The van der Waals surface area contributed by atoms with E-state index in [2.05, 4.69) is 37.5 Å². The van der Waals surface area contributed by atoms with Crippen molar-refractivity contribution >= 4 is 0 Å². The fourth-order valence-corrected chi connectivity index (χ4v) is 3.68. The SMILES string of the molecule is CC(CC1CCCN(C(C)(C)C)C1)N1CCCC1. The summed E-state index contributed by atoms with van der Waals surface area (Å²) in [7, 11) is 0. The molecule has 2 aliphatic rings. The molecular formula is C16H32N2. The largest absolute Gasteiger partial charge is 0.301 e. The Kier molecular flexibility index (Phi) is 4.71. The molecule has 2 heterocycles. The molecule has 2 atom stereocenters. The average Bonchev–Trinajstić information content (AvgIpc) is 2.81. The lowest BCUT2D eigenvalue weighted by molar-refractivity contribution is 0.0660. The predicted molar refractivity (Wildman–Crippen MR) is 78.9 cm³/mol. The molecule has 0 amide bonds. The number of hydrogen-bond acceptors (Lipinski definition) is 2. The molecule has 2 rings (SSSR count). The maximum Gasteiger partial charge on any atom is 0.0125 e. The number of rotatable bonds is 3. The molecule has 0 aromatic carbocycles. The molecule has 2 heteroatoms. The van der Waals surface area contributed by atoms with Gasteiger partial charge in [-0.15, -0.1) is 0 Å². The van der Waals surface area contributed by atoms with E-state index in [0.717, 1.165) is 12.0 Å². The monoisotopic (exact) mass is 252 g/mol. The van der Waals surface area contributed by atoms with Gasteiger partial charge in [0.05, 0.1) is 0 Å². The smallest absolute Gasteiger partial charge is 0.0125 e. The van der Waals surface area contributed by atoms with E-state index >= 15 is 0 Å². The normalized spacial score (nSPS) is 29.7. The van der Waals surface area contributed by atoms with Crippen LogP contribution in [0, 0.1) is 5.92 Å². The van der Waals surface area contributed by atoms with E-state index in [1.807, 2.05) is 0 Å². The van der Waals surface area contributed by atoms with Crippen LogP contribution in [-0.4, -0.2) is 47.6 Å². The van der Waals surface area contributed by atoms with Crippen molar-refractivity contribution in [3.8, 4) is 0 Å². The molecule has 0 aromatic heterocycles. The van der Waals surface area contributed by atoms with Crippen LogP contribution in [0.4, 0.5) is 0 Å². The average molecular weight is 252 g/mol. The fraction of sp³-hybridized carbons (Fsp3) is 1.00. The summed E-state index contributed by atoms with van der Waals surface area (Å²) in [6.45, 7) is 14.8. The maximum absolute atomic E-state index is 2.70. The Morgan fingerprint density at radius 2 is 1.72 bits per heavy atom. The third kappa shape index (κ3) is 3.71. The van der Waals surface area contributed by atoms with Crippen molar-refractivity contribution in [1.82, 2.24) is 9.80 Å². The van der Waals surface area contributed by atoms with E-state index < -0.39 is 0 Å². The van der Waals surface area contributed by atoms with Gasteiger partial charge in [0, 0.05) is 18.1 Å². The lowest BCUT2D eigenvalue weighted by Crippen LogP contribution is -2.48. The molecule has 2 saturated heterocycles. The molecule has 2 fully saturated rings. The predicted octanol–water partition coefficient (Wildman–Crippen LogP) is 3.37. The molecule has 18 heavy (non-hydrogen) atoms. The molecule has 0 saturated carbocycles. The first-order valence-corrected chi connectivity index (χ1v) is 7.96. The van der Waals surface area contributed by atoms with Crippen molar-refractivity contribution in [1.29, 1.82) is 0 Å². The number of piperidine rings is 1. The lowest BCUT2D eigenvalue weighted by Gasteiger charge is -2.42. The van der Waals surface area contributed by atoms with Gasteiger partial charge in [0.2, 0.25) is 0 Å². The summed E-state index contributed by atoms with van der Waals surface area (Å²) < 4.78 is 0. The van der Waals surface area contributed by atoms with Gasteiger partial charge < -0.3 is 4.90 Å². The number of nitrogens with zero attached hydrogens (tertiary/aromatic N) is 2. The van der Waals surface area contributed by atoms with Crippen LogP contribution in [0.15, 0.2) is 0 Å². The molecular weight excluding hydrogens is 220 g/mol. The Labute approximate surface area is 114 Å². The zero-order chi connectivity index (χ0) is 13.2. The van der Waals surface area contributed by atoms with Crippen LogP contribution >= 0.6 is 0 Å². The molecule has 0 aliphatic carbocycles. The first-order chi connectivity index (χ1) is 8.47. The minimum absolute atomic E-state index is 0.357. The minimum atomic E-state index is 0.357. The lowest BCUT2D eigenvalue weighted by atomic mass is 9.89. The summed E-state index contributed by atoms with van der Waals surface area (Å²) in [6, 6.07) is 0.803. The van der Waals surface area contributed by atoms with Crippen molar-refractivity contribution in [2.45, 2.75) is 71.4 Å². The number of hydrogen-bond donors (Lipinski definition) is 0. The molecule has 2 nitrogen and oxygen atoms in total. The van der Waals surface area contributed by atoms with Crippen LogP contribution in [0.5, 0.6) is 0 Å². The van der Waals surface area contributed by atoms with E-state index in [9.17, 15) is 0 Å². The summed E-state index contributed by atoms with van der Waals surface area (Å²) in [5, 5.41) is 0. The molecule has 2 aliphatic heterocycles. The third-order valence-electron chi connectivity index (χ3n) is 4.91. The van der Waals surface area contributed by atoms with Gasteiger partial charge >= 0.3 is 0 Å². The van der Waals surface area contributed by atoms with Gasteiger partial charge in [-0.3, -0.25) is 4.90 Å². The molecule has 0 bridgehead atoms. The second-order valence-corrected chi connectivity index (χ2v) is 7.45. The van der Waals surface area contributed by atoms with Gasteiger partial charge in [-0.25, -0.2) is 0 Å². The van der Waals surface area contributed by atoms with Crippen LogP contribution < -0.4 is 0 Å². The fourth-order valence-electron chi connectivity index (χ4n) is 3.68. The topological polar surface area (TPSA) is 6.48 Å². The Hall–Kier alpha value is -0.0800. The van der Waals surface area contributed by atoms with Crippen LogP contribution in [0.25, 0.3) is 0 Å². The van der Waals surface area contributed by atoms with E-state index in [4.69, 9.17) is 0 Å². The van der Waals surface area contributed by atoms with E-state index in [1.165, 1.54) is 58.3 Å². The van der Waals surface area contributed by atoms with Crippen molar-refractivity contribution in [2.75, 3.05) is 26.2 Å². The van der Waals surface area contributed by atoms with E-state index in [-0.39, 0.29) is 0 Å². The third-order valence-corrected chi connectivity index (χ3v) is 4.91. The first-order valence-electron chi connectivity index (χ1n) is 7.96. The van der Waals surface area contributed by atoms with Crippen molar-refractivity contribution in [2.24, 2.45) is 5.92 Å². The summed E-state index contributed by atoms with van der Waals surface area (Å²) in [4.78, 5) is 5.40. The molecule has 0 aromatic rings. The van der Waals surface area contributed by atoms with Gasteiger partial charge in [-0.1, -0.05) is 0 Å². The Balaban J connectivity index is 1.81. The quantitative estimate of drug-likeness (QED) is 0.760. The Morgan fingerprint density at radius 3 is 2.33 bits per heavy atom. The molecule has 0 radical (unpaired) electrons. The van der Waals surface area contributed by atoms with Crippen LogP contribution in [-0.2, 0) is 0 Å². The zero-order valence-electron chi connectivity index (χ0n) is 12.9. The minimum Gasteiger partial charge on any atom is -0.301 e. The van der Waals surface area contributed by atoms with Crippen molar-refractivity contribution in [3.05, 3.63) is 0 Å². The van der Waals surface area contributed by atoms with Gasteiger partial charge in [-0.2, -0.15) is 0 Å². The van der Waals surface area contributed by atoms with Crippen LogP contribution in [0.2, 0.25) is 0 Å².